The van der Waals surface area contributed by atoms with Gasteiger partial charge < -0.3 is 14.8 Å². The summed E-state index contributed by atoms with van der Waals surface area (Å²) in [4.78, 5) is 21.0. The number of methoxy groups -OCH3 is 2. The number of anilines is 1. The van der Waals surface area contributed by atoms with Crippen LogP contribution in [0.1, 0.15) is 17.0 Å². The molecular weight excluding hydrogens is 326 g/mol. The minimum Gasteiger partial charge on any atom is -0.497 e. The Labute approximate surface area is 146 Å². The average molecular weight is 347 g/mol. The van der Waals surface area contributed by atoms with Crippen LogP contribution >= 0.6 is 11.8 Å². The molecule has 0 saturated heterocycles. The molecule has 0 aliphatic rings. The van der Waals surface area contributed by atoms with E-state index in [1.165, 1.54) is 11.8 Å². The Balaban J connectivity index is 2.01. The van der Waals surface area contributed by atoms with E-state index in [0.717, 1.165) is 17.0 Å². The molecule has 128 valence electrons. The van der Waals surface area contributed by atoms with Gasteiger partial charge in [-0.1, -0.05) is 11.8 Å². The highest BCUT2D eigenvalue weighted by molar-refractivity contribution is 7.99. The maximum atomic E-state index is 12.2. The number of nitrogens with zero attached hydrogens (tertiary/aromatic N) is 2. The van der Waals surface area contributed by atoms with Crippen LogP contribution in [0.15, 0.2) is 23.4 Å². The Morgan fingerprint density at radius 1 is 1.12 bits per heavy atom. The summed E-state index contributed by atoms with van der Waals surface area (Å²) in [7, 11) is 3.13. The Hall–Kier alpha value is -2.28. The molecular formula is C17H21N3O3S. The number of thioether (sulfide) groups is 1. The predicted molar refractivity (Wildman–Crippen MR) is 95.1 cm³/mol. The van der Waals surface area contributed by atoms with Crippen molar-refractivity contribution in [3.63, 3.8) is 0 Å². The number of benzene rings is 1. The lowest BCUT2D eigenvalue weighted by Gasteiger charge is -2.11. The van der Waals surface area contributed by atoms with Crippen LogP contribution in [-0.4, -0.2) is 35.8 Å². The van der Waals surface area contributed by atoms with E-state index in [9.17, 15) is 4.79 Å². The standard InChI is InChI=1S/C17H21N3O3S/c1-10-11(2)18-17(19-12(10)3)24-9-16(21)20-14-7-6-13(22-4)8-15(14)23-5/h6-8H,9H2,1-5H3,(H,20,21). The molecule has 1 aromatic carbocycles. The fourth-order valence-electron chi connectivity index (χ4n) is 2.02. The smallest absolute Gasteiger partial charge is 0.234 e. The van der Waals surface area contributed by atoms with E-state index in [2.05, 4.69) is 15.3 Å². The zero-order chi connectivity index (χ0) is 17.7. The first-order chi connectivity index (χ1) is 11.4. The van der Waals surface area contributed by atoms with Gasteiger partial charge in [0, 0.05) is 17.5 Å². The summed E-state index contributed by atoms with van der Waals surface area (Å²) >= 11 is 1.31. The maximum absolute atomic E-state index is 12.2. The van der Waals surface area contributed by atoms with Crippen LogP contribution in [-0.2, 0) is 4.79 Å². The number of aryl methyl sites for hydroxylation is 2. The molecule has 2 rings (SSSR count). The first-order valence-electron chi connectivity index (χ1n) is 7.41. The van der Waals surface area contributed by atoms with E-state index in [-0.39, 0.29) is 11.7 Å². The van der Waals surface area contributed by atoms with Crippen molar-refractivity contribution >= 4 is 23.4 Å². The van der Waals surface area contributed by atoms with Crippen LogP contribution in [0.5, 0.6) is 11.5 Å². The summed E-state index contributed by atoms with van der Waals surface area (Å²) in [5.74, 6) is 1.28. The Morgan fingerprint density at radius 2 is 1.79 bits per heavy atom. The van der Waals surface area contributed by atoms with E-state index >= 15 is 0 Å². The van der Waals surface area contributed by atoms with Crippen LogP contribution < -0.4 is 14.8 Å². The SMILES string of the molecule is COc1ccc(NC(=O)CSc2nc(C)c(C)c(C)n2)c(OC)c1. The largest absolute Gasteiger partial charge is 0.497 e. The summed E-state index contributed by atoms with van der Waals surface area (Å²) in [6, 6.07) is 5.23. The molecule has 1 amide bonds. The first-order valence-corrected chi connectivity index (χ1v) is 8.39. The Morgan fingerprint density at radius 3 is 2.38 bits per heavy atom. The molecule has 0 radical (unpaired) electrons. The number of amides is 1. The molecule has 0 aliphatic heterocycles. The highest BCUT2D eigenvalue weighted by Gasteiger charge is 2.11. The number of hydrogen-bond donors (Lipinski definition) is 1. The minimum absolute atomic E-state index is 0.150. The fraction of sp³-hybridized carbons (Fsp3) is 0.353. The normalized spacial score (nSPS) is 10.4. The zero-order valence-electron chi connectivity index (χ0n) is 14.5. The second-order valence-corrected chi connectivity index (χ2v) is 6.15. The molecule has 1 heterocycles. The van der Waals surface area contributed by atoms with Gasteiger partial charge in [-0.3, -0.25) is 4.79 Å². The summed E-state index contributed by atoms with van der Waals surface area (Å²) < 4.78 is 10.4. The third-order valence-corrected chi connectivity index (χ3v) is 4.47. The number of nitrogens with one attached hydrogen (secondary N) is 1. The van der Waals surface area contributed by atoms with Crippen molar-refractivity contribution in [3.05, 3.63) is 35.2 Å². The third kappa shape index (κ3) is 4.38. The lowest BCUT2D eigenvalue weighted by molar-refractivity contribution is -0.113. The van der Waals surface area contributed by atoms with Gasteiger partial charge >= 0.3 is 0 Å². The molecule has 0 spiro atoms. The second-order valence-electron chi connectivity index (χ2n) is 5.21. The molecule has 2 aromatic rings. The highest BCUT2D eigenvalue weighted by atomic mass is 32.2. The van der Waals surface area contributed by atoms with Gasteiger partial charge in [-0.05, 0) is 38.5 Å². The van der Waals surface area contributed by atoms with Crippen LogP contribution in [0.3, 0.4) is 0 Å². The monoisotopic (exact) mass is 347 g/mol. The van der Waals surface area contributed by atoms with E-state index in [1.807, 2.05) is 20.8 Å². The third-order valence-electron chi connectivity index (χ3n) is 3.63. The number of aromatic nitrogens is 2. The number of hydrogen-bond acceptors (Lipinski definition) is 6. The maximum Gasteiger partial charge on any atom is 0.234 e. The van der Waals surface area contributed by atoms with E-state index in [0.29, 0.717) is 22.3 Å². The van der Waals surface area contributed by atoms with E-state index in [4.69, 9.17) is 9.47 Å². The van der Waals surface area contributed by atoms with Crippen LogP contribution in [0.25, 0.3) is 0 Å². The topological polar surface area (TPSA) is 73.3 Å². The summed E-state index contributed by atoms with van der Waals surface area (Å²) in [6.07, 6.45) is 0. The van der Waals surface area contributed by atoms with Crippen molar-refractivity contribution < 1.29 is 14.3 Å². The lowest BCUT2D eigenvalue weighted by Crippen LogP contribution is -2.15. The summed E-state index contributed by atoms with van der Waals surface area (Å²) in [5.41, 5.74) is 3.54. The van der Waals surface area contributed by atoms with Crippen molar-refractivity contribution in [2.75, 3.05) is 25.3 Å². The average Bonchev–Trinajstić information content (AvgIpc) is 2.58. The number of carbonyl (C=O) groups excluding carboxylic acids is 1. The van der Waals surface area contributed by atoms with Gasteiger partial charge in [-0.2, -0.15) is 0 Å². The van der Waals surface area contributed by atoms with Crippen LogP contribution in [0.2, 0.25) is 0 Å². The first kappa shape index (κ1) is 18.1. The molecule has 6 nitrogen and oxygen atoms in total. The molecule has 24 heavy (non-hydrogen) atoms. The van der Waals surface area contributed by atoms with Gasteiger partial charge in [-0.15, -0.1) is 0 Å². The highest BCUT2D eigenvalue weighted by Crippen LogP contribution is 2.29. The summed E-state index contributed by atoms with van der Waals surface area (Å²) in [6.45, 7) is 5.87. The number of ether oxygens (including phenoxy) is 2. The van der Waals surface area contributed by atoms with Crippen molar-refractivity contribution in [1.29, 1.82) is 0 Å². The number of rotatable bonds is 6. The Bertz CT molecular complexity index is 727. The fourth-order valence-corrected chi connectivity index (χ4v) is 2.76. The van der Waals surface area contributed by atoms with Crippen molar-refractivity contribution in [2.24, 2.45) is 0 Å². The van der Waals surface area contributed by atoms with Crippen molar-refractivity contribution in [3.8, 4) is 11.5 Å². The Kier molecular flexibility index (Phi) is 6.03. The van der Waals surface area contributed by atoms with Gasteiger partial charge in [0.05, 0.1) is 25.7 Å². The quantitative estimate of drug-likeness (QED) is 0.639. The van der Waals surface area contributed by atoms with E-state index < -0.39 is 0 Å². The van der Waals surface area contributed by atoms with Gasteiger partial charge in [0.2, 0.25) is 5.91 Å². The molecule has 0 fully saturated rings. The molecule has 1 aromatic heterocycles. The lowest BCUT2D eigenvalue weighted by atomic mass is 10.2. The van der Waals surface area contributed by atoms with Gasteiger partial charge in [0.15, 0.2) is 5.16 Å². The van der Waals surface area contributed by atoms with Gasteiger partial charge in [0.25, 0.3) is 0 Å². The molecule has 0 unspecified atom stereocenters. The van der Waals surface area contributed by atoms with Gasteiger partial charge in [0.1, 0.15) is 11.5 Å². The van der Waals surface area contributed by atoms with Crippen molar-refractivity contribution in [2.45, 2.75) is 25.9 Å². The van der Waals surface area contributed by atoms with E-state index in [1.54, 1.807) is 32.4 Å². The minimum atomic E-state index is -0.150. The zero-order valence-corrected chi connectivity index (χ0v) is 15.3. The molecule has 0 atom stereocenters. The van der Waals surface area contributed by atoms with Crippen LogP contribution in [0, 0.1) is 20.8 Å². The molecule has 0 bridgehead atoms. The van der Waals surface area contributed by atoms with Crippen molar-refractivity contribution in [1.82, 2.24) is 9.97 Å². The molecule has 0 aliphatic carbocycles. The second kappa shape index (κ2) is 8.01. The number of carbonyl (C=O) groups is 1. The summed E-state index contributed by atoms with van der Waals surface area (Å²) in [5, 5.41) is 3.43. The molecule has 7 heteroatoms. The van der Waals surface area contributed by atoms with Gasteiger partial charge in [-0.25, -0.2) is 9.97 Å². The predicted octanol–water partition coefficient (Wildman–Crippen LogP) is 3.15. The molecule has 0 saturated carbocycles. The molecule has 1 N–H and O–H groups in total. The van der Waals surface area contributed by atoms with Crippen LogP contribution in [0.4, 0.5) is 5.69 Å².